The van der Waals surface area contributed by atoms with Gasteiger partial charge in [0.25, 0.3) is 0 Å². The second kappa shape index (κ2) is 8.86. The molecule has 156 valence electrons. The van der Waals surface area contributed by atoms with Crippen LogP contribution < -0.4 is 0 Å². The Balaban J connectivity index is 2.16. The van der Waals surface area contributed by atoms with E-state index in [2.05, 4.69) is 15.3 Å². The molecule has 1 aromatic carbocycles. The molecular weight excluding hydrogens is 388 g/mol. The Morgan fingerprint density at radius 3 is 2.73 bits per heavy atom. The van der Waals surface area contributed by atoms with E-state index in [9.17, 15) is 9.59 Å². The van der Waals surface area contributed by atoms with Gasteiger partial charge in [0, 0.05) is 17.3 Å². The van der Waals surface area contributed by atoms with Gasteiger partial charge in [-0.1, -0.05) is 12.1 Å². The summed E-state index contributed by atoms with van der Waals surface area (Å²) < 4.78 is 15.6. The summed E-state index contributed by atoms with van der Waals surface area (Å²) in [6.45, 7) is 6.86. The standard InChI is InChI=1S/C21H22N4O5/c1-11(2)29-21(27)17-13(4)23-12(3)16(20(26)28-10-6-9-22)18(17)14-7-5-8-15-19(14)25-30-24-15/h5,7-8,11,17-18H,6,10H2,1-4H3. The van der Waals surface area contributed by atoms with E-state index in [0.29, 0.717) is 28.0 Å². The number of aromatic nitrogens is 2. The largest absolute Gasteiger partial charge is 0.462 e. The predicted octanol–water partition coefficient (Wildman–Crippen LogP) is 3.08. The minimum atomic E-state index is -0.850. The van der Waals surface area contributed by atoms with Gasteiger partial charge in [0.1, 0.15) is 23.6 Å². The SMILES string of the molecule is CC1=NC(C)=C(C(=O)OCCC#N)C(c2cccc3nonc23)C1C(=O)OC(C)C. The maximum absolute atomic E-state index is 13.0. The second-order valence-corrected chi connectivity index (χ2v) is 7.22. The first-order valence-electron chi connectivity index (χ1n) is 9.56. The molecule has 3 rings (SSSR count). The molecule has 0 saturated carbocycles. The summed E-state index contributed by atoms with van der Waals surface area (Å²) in [5, 5.41) is 16.6. The molecule has 0 aliphatic carbocycles. The number of hydrogen-bond acceptors (Lipinski definition) is 9. The molecule has 0 N–H and O–H groups in total. The first-order valence-corrected chi connectivity index (χ1v) is 9.56. The van der Waals surface area contributed by atoms with Crippen molar-refractivity contribution in [2.24, 2.45) is 10.9 Å². The van der Waals surface area contributed by atoms with Crippen LogP contribution in [0.5, 0.6) is 0 Å². The van der Waals surface area contributed by atoms with E-state index in [-0.39, 0.29) is 24.7 Å². The van der Waals surface area contributed by atoms with Crippen molar-refractivity contribution in [3.63, 3.8) is 0 Å². The average Bonchev–Trinajstić information content (AvgIpc) is 3.15. The van der Waals surface area contributed by atoms with Gasteiger partial charge < -0.3 is 9.47 Å². The number of benzene rings is 1. The maximum atomic E-state index is 13.0. The number of rotatable bonds is 6. The zero-order valence-corrected chi connectivity index (χ0v) is 17.2. The molecule has 1 aliphatic rings. The Bertz CT molecular complexity index is 1080. The highest BCUT2D eigenvalue weighted by molar-refractivity contribution is 6.07. The van der Waals surface area contributed by atoms with Gasteiger partial charge in [-0.2, -0.15) is 5.26 Å². The minimum Gasteiger partial charge on any atom is -0.462 e. The number of hydrogen-bond donors (Lipinski definition) is 0. The molecule has 9 nitrogen and oxygen atoms in total. The quantitative estimate of drug-likeness (QED) is 0.525. The van der Waals surface area contributed by atoms with Crippen LogP contribution in [0.25, 0.3) is 11.0 Å². The normalized spacial score (nSPS) is 18.9. The third-order valence-electron chi connectivity index (χ3n) is 4.75. The van der Waals surface area contributed by atoms with Gasteiger partial charge in [0.2, 0.25) is 0 Å². The van der Waals surface area contributed by atoms with Crippen LogP contribution in [0.4, 0.5) is 0 Å². The number of ether oxygens (including phenoxy) is 2. The summed E-state index contributed by atoms with van der Waals surface area (Å²) in [6.07, 6.45) is -0.277. The highest BCUT2D eigenvalue weighted by Crippen LogP contribution is 2.42. The molecule has 1 aliphatic heterocycles. The maximum Gasteiger partial charge on any atom is 0.336 e. The van der Waals surface area contributed by atoms with Crippen molar-refractivity contribution in [2.75, 3.05) is 6.61 Å². The monoisotopic (exact) mass is 410 g/mol. The molecule has 0 amide bonds. The van der Waals surface area contributed by atoms with Gasteiger partial charge in [0.05, 0.1) is 24.2 Å². The highest BCUT2D eigenvalue weighted by atomic mass is 16.6. The van der Waals surface area contributed by atoms with Crippen LogP contribution in [0.15, 0.2) is 39.1 Å². The number of fused-ring (bicyclic) bond motifs is 1. The van der Waals surface area contributed by atoms with Crippen LogP contribution in [0.3, 0.4) is 0 Å². The smallest absolute Gasteiger partial charge is 0.336 e. The second-order valence-electron chi connectivity index (χ2n) is 7.22. The summed E-state index contributed by atoms with van der Waals surface area (Å²) in [7, 11) is 0. The first kappa shape index (κ1) is 21.2. The lowest BCUT2D eigenvalue weighted by atomic mass is 9.75. The third-order valence-corrected chi connectivity index (χ3v) is 4.75. The zero-order chi connectivity index (χ0) is 21.8. The van der Waals surface area contributed by atoms with Crippen LogP contribution in [0.1, 0.15) is 45.6 Å². The van der Waals surface area contributed by atoms with Gasteiger partial charge in [-0.15, -0.1) is 0 Å². The van der Waals surface area contributed by atoms with Gasteiger partial charge in [-0.05, 0) is 49.6 Å². The fourth-order valence-corrected chi connectivity index (χ4v) is 3.59. The van der Waals surface area contributed by atoms with Crippen molar-refractivity contribution in [2.45, 2.75) is 46.1 Å². The van der Waals surface area contributed by atoms with Crippen molar-refractivity contribution >= 4 is 28.7 Å². The molecule has 2 heterocycles. The molecule has 0 radical (unpaired) electrons. The lowest BCUT2D eigenvalue weighted by Gasteiger charge is -2.32. The van der Waals surface area contributed by atoms with Crippen LogP contribution >= 0.6 is 0 Å². The number of carbonyl (C=O) groups is 2. The Hall–Kier alpha value is -3.54. The number of aliphatic imine (C=N–C) groups is 1. The van der Waals surface area contributed by atoms with Gasteiger partial charge in [0.15, 0.2) is 0 Å². The Kier molecular flexibility index (Phi) is 6.26. The summed E-state index contributed by atoms with van der Waals surface area (Å²) >= 11 is 0. The van der Waals surface area contributed by atoms with E-state index in [1.807, 2.05) is 6.07 Å². The number of esters is 2. The van der Waals surface area contributed by atoms with Crippen LogP contribution in [-0.2, 0) is 19.1 Å². The zero-order valence-electron chi connectivity index (χ0n) is 17.2. The van der Waals surface area contributed by atoms with Crippen LogP contribution in [0.2, 0.25) is 0 Å². The molecule has 2 aromatic rings. The van der Waals surface area contributed by atoms with Crippen molar-refractivity contribution in [1.29, 1.82) is 5.26 Å². The summed E-state index contributed by atoms with van der Waals surface area (Å²) in [5.41, 5.74) is 2.69. The molecule has 0 spiro atoms. The topological polar surface area (TPSA) is 128 Å². The van der Waals surface area contributed by atoms with Crippen molar-refractivity contribution in [1.82, 2.24) is 10.3 Å². The third kappa shape index (κ3) is 4.08. The van der Waals surface area contributed by atoms with Crippen molar-refractivity contribution in [3.8, 4) is 6.07 Å². The molecule has 2 atom stereocenters. The van der Waals surface area contributed by atoms with E-state index < -0.39 is 23.8 Å². The van der Waals surface area contributed by atoms with Gasteiger partial charge in [-0.25, -0.2) is 9.42 Å². The van der Waals surface area contributed by atoms with E-state index in [1.165, 1.54) is 0 Å². The summed E-state index contributed by atoms with van der Waals surface area (Å²) in [4.78, 5) is 30.4. The van der Waals surface area contributed by atoms with Crippen molar-refractivity contribution in [3.05, 3.63) is 35.0 Å². The Morgan fingerprint density at radius 2 is 2.03 bits per heavy atom. The van der Waals surface area contributed by atoms with Crippen LogP contribution in [-0.4, -0.2) is 40.7 Å². The van der Waals surface area contributed by atoms with E-state index in [1.54, 1.807) is 45.9 Å². The van der Waals surface area contributed by atoms with Crippen LogP contribution in [0, 0.1) is 17.2 Å². The lowest BCUT2D eigenvalue weighted by Crippen LogP contribution is -2.37. The predicted molar refractivity (Wildman–Crippen MR) is 106 cm³/mol. The number of carbonyl (C=O) groups excluding carboxylic acids is 2. The van der Waals surface area contributed by atoms with Gasteiger partial charge >= 0.3 is 11.9 Å². The van der Waals surface area contributed by atoms with E-state index in [0.717, 1.165) is 0 Å². The molecule has 1 aromatic heterocycles. The summed E-state index contributed by atoms with van der Waals surface area (Å²) in [5.74, 6) is -2.74. The number of nitriles is 1. The molecule has 0 bridgehead atoms. The van der Waals surface area contributed by atoms with E-state index >= 15 is 0 Å². The summed E-state index contributed by atoms with van der Waals surface area (Å²) in [6, 6.07) is 7.17. The highest BCUT2D eigenvalue weighted by Gasteiger charge is 2.43. The lowest BCUT2D eigenvalue weighted by molar-refractivity contribution is -0.150. The Morgan fingerprint density at radius 1 is 1.27 bits per heavy atom. The Labute approximate surface area is 173 Å². The molecule has 0 fully saturated rings. The van der Waals surface area contributed by atoms with Crippen molar-refractivity contribution < 1.29 is 23.7 Å². The first-order chi connectivity index (χ1) is 14.3. The van der Waals surface area contributed by atoms with E-state index in [4.69, 9.17) is 19.4 Å². The number of allylic oxidation sites excluding steroid dienone is 1. The average molecular weight is 410 g/mol. The molecule has 2 unspecified atom stereocenters. The fraction of sp³-hybridized carbons (Fsp3) is 0.429. The molecule has 30 heavy (non-hydrogen) atoms. The minimum absolute atomic E-state index is 0.0572. The molecule has 9 heteroatoms. The fourth-order valence-electron chi connectivity index (χ4n) is 3.59. The van der Waals surface area contributed by atoms with Gasteiger partial charge in [-0.3, -0.25) is 9.79 Å². The molecule has 0 saturated heterocycles. The molecular formula is C21H22N4O5. The number of nitrogens with zero attached hydrogens (tertiary/aromatic N) is 4.